The number of aryl methyl sites for hydroxylation is 1. The minimum atomic E-state index is -0.125. The number of hydrogen-bond acceptors (Lipinski definition) is 1. The maximum Gasteiger partial charge on any atom is 0.128 e. The summed E-state index contributed by atoms with van der Waals surface area (Å²) in [6, 6.07) is 5.82. The van der Waals surface area contributed by atoms with Crippen LogP contribution in [-0.4, -0.2) is 6.04 Å². The normalized spacial score (nSPS) is 30.7. The second kappa shape index (κ2) is 4.42. The molecule has 0 aromatic heterocycles. The maximum atomic E-state index is 13.5. The van der Waals surface area contributed by atoms with E-state index in [4.69, 9.17) is 0 Å². The predicted molar refractivity (Wildman–Crippen MR) is 73.1 cm³/mol. The van der Waals surface area contributed by atoms with Gasteiger partial charge in [0.15, 0.2) is 0 Å². The Morgan fingerprint density at radius 1 is 1.28 bits per heavy atom. The van der Waals surface area contributed by atoms with E-state index in [0.29, 0.717) is 17.5 Å². The first-order chi connectivity index (χ1) is 8.63. The molecule has 3 rings (SSSR count). The Morgan fingerprint density at radius 3 is 2.72 bits per heavy atom. The molecule has 0 saturated heterocycles. The average Bonchev–Trinajstić information content (AvgIpc) is 2.96. The number of hydrogen-bond donors (Lipinski definition) is 1. The van der Waals surface area contributed by atoms with Gasteiger partial charge in [-0.05, 0) is 62.1 Å². The maximum absolute atomic E-state index is 13.5. The van der Waals surface area contributed by atoms with E-state index in [1.807, 2.05) is 12.1 Å². The summed E-state index contributed by atoms with van der Waals surface area (Å²) in [5.41, 5.74) is 1.61. The van der Waals surface area contributed by atoms with Gasteiger partial charge in [-0.2, -0.15) is 0 Å². The molecule has 1 N–H and O–H groups in total. The second-order valence-electron chi connectivity index (χ2n) is 5.84. The first-order valence-electron chi connectivity index (χ1n) is 6.84. The lowest BCUT2D eigenvalue weighted by molar-refractivity contribution is 0.400. The second-order valence-corrected chi connectivity index (χ2v) is 5.84. The molecule has 1 saturated carbocycles. The van der Waals surface area contributed by atoms with Gasteiger partial charge in [-0.25, -0.2) is 4.39 Å². The van der Waals surface area contributed by atoms with Gasteiger partial charge in [-0.15, -0.1) is 0 Å². The summed E-state index contributed by atoms with van der Waals surface area (Å²) in [6.45, 7) is 4.01. The number of anilines is 1. The number of benzene rings is 1. The summed E-state index contributed by atoms with van der Waals surface area (Å²) >= 11 is 0. The number of allylic oxidation sites excluding steroid dienone is 2. The number of rotatable bonds is 3. The molecule has 1 fully saturated rings. The van der Waals surface area contributed by atoms with Crippen LogP contribution in [0.15, 0.2) is 30.4 Å². The predicted octanol–water partition coefficient (Wildman–Crippen LogP) is 4.15. The van der Waals surface area contributed by atoms with E-state index in [9.17, 15) is 4.39 Å². The molecule has 2 aliphatic rings. The third-order valence-corrected chi connectivity index (χ3v) is 4.54. The van der Waals surface area contributed by atoms with E-state index in [1.54, 1.807) is 13.0 Å². The van der Waals surface area contributed by atoms with E-state index >= 15 is 0 Å². The van der Waals surface area contributed by atoms with Gasteiger partial charge in [0, 0.05) is 11.7 Å². The summed E-state index contributed by atoms with van der Waals surface area (Å²) in [5.74, 6) is 2.09. The van der Waals surface area contributed by atoms with Gasteiger partial charge in [-0.1, -0.05) is 18.2 Å². The molecule has 2 bridgehead atoms. The van der Waals surface area contributed by atoms with Gasteiger partial charge >= 0.3 is 0 Å². The fourth-order valence-electron chi connectivity index (χ4n) is 3.45. The summed E-state index contributed by atoms with van der Waals surface area (Å²) in [7, 11) is 0. The third-order valence-electron chi connectivity index (χ3n) is 4.54. The van der Waals surface area contributed by atoms with Crippen molar-refractivity contribution >= 4 is 5.69 Å². The van der Waals surface area contributed by atoms with Crippen LogP contribution in [0.1, 0.15) is 25.3 Å². The van der Waals surface area contributed by atoms with Crippen LogP contribution in [0.5, 0.6) is 0 Å². The monoisotopic (exact) mass is 245 g/mol. The minimum absolute atomic E-state index is 0.125. The molecule has 96 valence electrons. The largest absolute Gasteiger partial charge is 0.382 e. The summed E-state index contributed by atoms with van der Waals surface area (Å²) in [4.78, 5) is 0. The standard InChI is InChI=1S/C16H20FN/c1-10-3-6-14(9-16(10)17)18-11(2)15-8-12-4-5-13(15)7-12/h3-6,9,11-13,15,18H,7-8H2,1-2H3. The molecular formula is C16H20FN. The SMILES string of the molecule is Cc1ccc(NC(C)C2CC3C=CC2C3)cc1F. The summed E-state index contributed by atoms with van der Waals surface area (Å²) in [5, 5.41) is 3.46. The van der Waals surface area contributed by atoms with E-state index in [-0.39, 0.29) is 5.82 Å². The molecular weight excluding hydrogens is 225 g/mol. The van der Waals surface area contributed by atoms with Crippen molar-refractivity contribution in [2.24, 2.45) is 17.8 Å². The van der Waals surface area contributed by atoms with E-state index in [1.165, 1.54) is 12.8 Å². The Labute approximate surface area is 108 Å². The van der Waals surface area contributed by atoms with Gasteiger partial charge in [0.1, 0.15) is 5.82 Å². The van der Waals surface area contributed by atoms with Crippen LogP contribution in [0.25, 0.3) is 0 Å². The van der Waals surface area contributed by atoms with Crippen LogP contribution >= 0.6 is 0 Å². The van der Waals surface area contributed by atoms with Crippen LogP contribution in [0, 0.1) is 30.5 Å². The molecule has 2 heteroatoms. The van der Waals surface area contributed by atoms with Crippen LogP contribution < -0.4 is 5.32 Å². The molecule has 4 atom stereocenters. The lowest BCUT2D eigenvalue weighted by Gasteiger charge is -2.27. The molecule has 1 nitrogen and oxygen atoms in total. The Hall–Kier alpha value is -1.31. The van der Waals surface area contributed by atoms with Crippen molar-refractivity contribution in [3.8, 4) is 0 Å². The molecule has 2 aliphatic carbocycles. The van der Waals surface area contributed by atoms with E-state index < -0.39 is 0 Å². The number of halogens is 1. The third kappa shape index (κ3) is 2.05. The van der Waals surface area contributed by atoms with Gasteiger partial charge in [0.25, 0.3) is 0 Å². The molecule has 0 aliphatic heterocycles. The lowest BCUT2D eigenvalue weighted by Crippen LogP contribution is -2.28. The Morgan fingerprint density at radius 2 is 2.11 bits per heavy atom. The first-order valence-corrected chi connectivity index (χ1v) is 6.84. The van der Waals surface area contributed by atoms with Crippen LogP contribution in [0.2, 0.25) is 0 Å². The zero-order valence-corrected chi connectivity index (χ0v) is 11.0. The Kier molecular flexibility index (Phi) is 2.89. The molecule has 0 heterocycles. The fraction of sp³-hybridized carbons (Fsp3) is 0.500. The highest BCUT2D eigenvalue weighted by molar-refractivity contribution is 5.46. The van der Waals surface area contributed by atoms with E-state index in [0.717, 1.165) is 17.5 Å². The Balaban J connectivity index is 1.69. The molecule has 4 unspecified atom stereocenters. The highest BCUT2D eigenvalue weighted by Crippen LogP contribution is 2.45. The van der Waals surface area contributed by atoms with Crippen LogP contribution in [-0.2, 0) is 0 Å². The van der Waals surface area contributed by atoms with Gasteiger partial charge < -0.3 is 5.32 Å². The highest BCUT2D eigenvalue weighted by Gasteiger charge is 2.38. The Bertz CT molecular complexity index is 480. The molecule has 1 aromatic carbocycles. The zero-order valence-electron chi connectivity index (χ0n) is 11.0. The van der Waals surface area contributed by atoms with Crippen molar-refractivity contribution in [2.45, 2.75) is 32.7 Å². The van der Waals surface area contributed by atoms with Crippen molar-refractivity contribution in [2.75, 3.05) is 5.32 Å². The van der Waals surface area contributed by atoms with Gasteiger partial charge in [0.05, 0.1) is 0 Å². The lowest BCUT2D eigenvalue weighted by atomic mass is 9.87. The number of fused-ring (bicyclic) bond motifs is 2. The molecule has 1 aromatic rings. The number of nitrogens with one attached hydrogen (secondary N) is 1. The van der Waals surface area contributed by atoms with Gasteiger partial charge in [-0.3, -0.25) is 0 Å². The van der Waals surface area contributed by atoms with Crippen molar-refractivity contribution in [1.82, 2.24) is 0 Å². The van der Waals surface area contributed by atoms with Crippen molar-refractivity contribution in [1.29, 1.82) is 0 Å². The smallest absolute Gasteiger partial charge is 0.128 e. The summed E-state index contributed by atoms with van der Waals surface area (Å²) in [6.07, 6.45) is 7.33. The first kappa shape index (κ1) is 11.8. The molecule has 0 amide bonds. The minimum Gasteiger partial charge on any atom is -0.382 e. The van der Waals surface area contributed by atoms with Gasteiger partial charge in [0.2, 0.25) is 0 Å². The van der Waals surface area contributed by atoms with Crippen LogP contribution in [0.4, 0.5) is 10.1 Å². The van der Waals surface area contributed by atoms with Crippen LogP contribution in [0.3, 0.4) is 0 Å². The quantitative estimate of drug-likeness (QED) is 0.789. The van der Waals surface area contributed by atoms with Crippen molar-refractivity contribution in [3.63, 3.8) is 0 Å². The summed E-state index contributed by atoms with van der Waals surface area (Å²) < 4.78 is 13.5. The fourth-order valence-corrected chi connectivity index (χ4v) is 3.45. The van der Waals surface area contributed by atoms with E-state index in [2.05, 4.69) is 24.4 Å². The molecule has 0 radical (unpaired) electrons. The van der Waals surface area contributed by atoms with Crippen molar-refractivity contribution in [3.05, 3.63) is 41.7 Å². The molecule has 0 spiro atoms. The average molecular weight is 245 g/mol. The highest BCUT2D eigenvalue weighted by atomic mass is 19.1. The zero-order chi connectivity index (χ0) is 12.7. The van der Waals surface area contributed by atoms with Crippen molar-refractivity contribution < 1.29 is 4.39 Å². The molecule has 18 heavy (non-hydrogen) atoms. The topological polar surface area (TPSA) is 12.0 Å².